The molecule has 0 saturated heterocycles. The van der Waals surface area contributed by atoms with E-state index >= 15 is 0 Å². The Balaban J connectivity index is 0.00000220. The zero-order chi connectivity index (χ0) is 14.8. The van der Waals surface area contributed by atoms with Crippen LogP contribution in [0.5, 0.6) is 0 Å². The predicted octanol–water partition coefficient (Wildman–Crippen LogP) is 3.64. The molecule has 2 aromatic rings. The van der Waals surface area contributed by atoms with E-state index in [0.29, 0.717) is 11.4 Å². The van der Waals surface area contributed by atoms with E-state index < -0.39 is 0 Å². The van der Waals surface area contributed by atoms with Crippen molar-refractivity contribution in [3.8, 4) is 0 Å². The number of carbonyl (C=O) groups is 1. The van der Waals surface area contributed by atoms with E-state index in [-0.39, 0.29) is 23.7 Å². The van der Waals surface area contributed by atoms with Gasteiger partial charge in [-0.1, -0.05) is 32.9 Å². The first-order valence-corrected chi connectivity index (χ1v) is 6.50. The molecule has 3 N–H and O–H groups in total. The number of amides is 1. The van der Waals surface area contributed by atoms with Crippen molar-refractivity contribution < 1.29 is 4.79 Å². The highest BCUT2D eigenvalue weighted by atomic mass is 35.5. The molecule has 112 valence electrons. The lowest BCUT2D eigenvalue weighted by atomic mass is 9.87. The maximum Gasteiger partial charge on any atom is 0.274 e. The van der Waals surface area contributed by atoms with Crippen LogP contribution in [0.25, 0.3) is 0 Å². The molecule has 1 aromatic heterocycles. The number of nitrogen functional groups attached to an aromatic ring is 1. The van der Waals surface area contributed by atoms with Gasteiger partial charge in [0, 0.05) is 5.69 Å². The molecule has 0 aliphatic heterocycles. The molecule has 21 heavy (non-hydrogen) atoms. The normalized spacial score (nSPS) is 10.6. The van der Waals surface area contributed by atoms with Gasteiger partial charge in [-0.15, -0.1) is 12.4 Å². The third kappa shape index (κ3) is 4.46. The van der Waals surface area contributed by atoms with Gasteiger partial charge in [0.15, 0.2) is 0 Å². The minimum atomic E-state index is -0.242. The van der Waals surface area contributed by atoms with E-state index in [0.717, 1.165) is 5.69 Å². The number of anilines is 2. The van der Waals surface area contributed by atoms with E-state index in [4.69, 9.17) is 5.73 Å². The lowest BCUT2D eigenvalue weighted by molar-refractivity contribution is 0.102. The highest BCUT2D eigenvalue weighted by Crippen LogP contribution is 2.23. The van der Waals surface area contributed by atoms with E-state index in [1.54, 1.807) is 12.1 Å². The fourth-order valence-electron chi connectivity index (χ4n) is 1.79. The average Bonchev–Trinajstić information content (AvgIpc) is 2.39. The standard InChI is InChI=1S/C16H19N3O.ClH/c1-16(2,3)11-4-7-13(8-5-11)19-15(20)14-9-6-12(17)10-18-14;/h4-10H,17H2,1-3H3,(H,19,20);1H. The molecule has 0 saturated carbocycles. The van der Waals surface area contributed by atoms with Gasteiger partial charge in [-0.05, 0) is 35.2 Å². The second-order valence-corrected chi connectivity index (χ2v) is 5.76. The Labute approximate surface area is 131 Å². The fourth-order valence-corrected chi connectivity index (χ4v) is 1.79. The van der Waals surface area contributed by atoms with Crippen molar-refractivity contribution in [1.82, 2.24) is 4.98 Å². The van der Waals surface area contributed by atoms with E-state index in [2.05, 4.69) is 31.1 Å². The molecule has 2 rings (SSSR count). The Morgan fingerprint density at radius 2 is 1.71 bits per heavy atom. The molecule has 0 bridgehead atoms. The van der Waals surface area contributed by atoms with Crippen LogP contribution < -0.4 is 11.1 Å². The van der Waals surface area contributed by atoms with Crippen molar-refractivity contribution in [1.29, 1.82) is 0 Å². The summed E-state index contributed by atoms with van der Waals surface area (Å²) in [6, 6.07) is 11.1. The SMILES string of the molecule is CC(C)(C)c1ccc(NC(=O)c2ccc(N)cn2)cc1.Cl. The van der Waals surface area contributed by atoms with Crippen molar-refractivity contribution in [3.63, 3.8) is 0 Å². The zero-order valence-corrected chi connectivity index (χ0v) is 13.2. The van der Waals surface area contributed by atoms with Crippen molar-refractivity contribution in [2.75, 3.05) is 11.1 Å². The molecular formula is C16H20ClN3O. The van der Waals surface area contributed by atoms with Crippen LogP contribution in [0.3, 0.4) is 0 Å². The van der Waals surface area contributed by atoms with Crippen LogP contribution >= 0.6 is 12.4 Å². The van der Waals surface area contributed by atoms with Crippen molar-refractivity contribution in [2.24, 2.45) is 0 Å². The molecule has 0 atom stereocenters. The van der Waals surface area contributed by atoms with Crippen LogP contribution in [0.2, 0.25) is 0 Å². The number of nitrogens with one attached hydrogen (secondary N) is 1. The summed E-state index contributed by atoms with van der Waals surface area (Å²) >= 11 is 0. The molecule has 5 heteroatoms. The van der Waals surface area contributed by atoms with E-state index in [1.807, 2.05) is 24.3 Å². The van der Waals surface area contributed by atoms with E-state index in [9.17, 15) is 4.79 Å². The first-order valence-electron chi connectivity index (χ1n) is 6.50. The molecule has 1 heterocycles. The van der Waals surface area contributed by atoms with Gasteiger partial charge >= 0.3 is 0 Å². The van der Waals surface area contributed by atoms with Gasteiger partial charge in [-0.3, -0.25) is 4.79 Å². The quantitative estimate of drug-likeness (QED) is 0.890. The Morgan fingerprint density at radius 1 is 1.10 bits per heavy atom. The third-order valence-corrected chi connectivity index (χ3v) is 3.03. The first kappa shape index (κ1) is 17.0. The van der Waals surface area contributed by atoms with Crippen molar-refractivity contribution in [3.05, 3.63) is 53.9 Å². The predicted molar refractivity (Wildman–Crippen MR) is 89.0 cm³/mol. The van der Waals surface area contributed by atoms with Gasteiger partial charge in [0.1, 0.15) is 5.69 Å². The molecule has 0 unspecified atom stereocenters. The summed E-state index contributed by atoms with van der Waals surface area (Å²) in [6.45, 7) is 6.46. The molecular weight excluding hydrogens is 286 g/mol. The third-order valence-electron chi connectivity index (χ3n) is 3.03. The molecule has 0 fully saturated rings. The summed E-state index contributed by atoms with van der Waals surface area (Å²) in [5.41, 5.74) is 8.50. The monoisotopic (exact) mass is 305 g/mol. The molecule has 0 spiro atoms. The first-order chi connectivity index (χ1) is 9.36. The topological polar surface area (TPSA) is 68.0 Å². The number of pyridine rings is 1. The average molecular weight is 306 g/mol. The number of rotatable bonds is 2. The summed E-state index contributed by atoms with van der Waals surface area (Å²) in [6.07, 6.45) is 1.47. The molecule has 0 aliphatic carbocycles. The molecule has 1 amide bonds. The number of nitrogens with zero attached hydrogens (tertiary/aromatic N) is 1. The van der Waals surface area contributed by atoms with Crippen LogP contribution in [0.4, 0.5) is 11.4 Å². The number of carbonyl (C=O) groups excluding carboxylic acids is 1. The molecule has 0 radical (unpaired) electrons. The van der Waals surface area contributed by atoms with Gasteiger partial charge in [0.25, 0.3) is 5.91 Å². The van der Waals surface area contributed by atoms with Crippen molar-refractivity contribution >= 4 is 29.7 Å². The van der Waals surface area contributed by atoms with Gasteiger partial charge in [0.2, 0.25) is 0 Å². The molecule has 1 aromatic carbocycles. The Bertz CT molecular complexity index is 601. The zero-order valence-electron chi connectivity index (χ0n) is 12.4. The summed E-state index contributed by atoms with van der Waals surface area (Å²) < 4.78 is 0. The number of hydrogen-bond acceptors (Lipinski definition) is 3. The number of nitrogens with two attached hydrogens (primary N) is 1. The number of aromatic nitrogens is 1. The minimum absolute atomic E-state index is 0. The van der Waals surface area contributed by atoms with Gasteiger partial charge in [-0.2, -0.15) is 0 Å². The van der Waals surface area contributed by atoms with Gasteiger partial charge < -0.3 is 11.1 Å². The van der Waals surface area contributed by atoms with Crippen LogP contribution in [-0.4, -0.2) is 10.9 Å². The van der Waals surface area contributed by atoms with Crippen LogP contribution in [0.1, 0.15) is 36.8 Å². The summed E-state index contributed by atoms with van der Waals surface area (Å²) in [5, 5.41) is 2.81. The Hall–Kier alpha value is -2.07. The minimum Gasteiger partial charge on any atom is -0.397 e. The summed E-state index contributed by atoms with van der Waals surface area (Å²) in [4.78, 5) is 16.0. The Kier molecular flexibility index (Phi) is 5.33. The number of benzene rings is 1. The lowest BCUT2D eigenvalue weighted by Crippen LogP contribution is -2.14. The number of hydrogen-bond donors (Lipinski definition) is 2. The van der Waals surface area contributed by atoms with Gasteiger partial charge in [0.05, 0.1) is 11.9 Å². The highest BCUT2D eigenvalue weighted by molar-refractivity contribution is 6.02. The maximum absolute atomic E-state index is 12.0. The summed E-state index contributed by atoms with van der Waals surface area (Å²) in [5.74, 6) is -0.242. The smallest absolute Gasteiger partial charge is 0.274 e. The largest absolute Gasteiger partial charge is 0.397 e. The Morgan fingerprint density at radius 3 is 2.19 bits per heavy atom. The van der Waals surface area contributed by atoms with Crippen molar-refractivity contribution in [2.45, 2.75) is 26.2 Å². The van der Waals surface area contributed by atoms with E-state index in [1.165, 1.54) is 11.8 Å². The highest BCUT2D eigenvalue weighted by Gasteiger charge is 2.13. The fraction of sp³-hybridized carbons (Fsp3) is 0.250. The molecule has 0 aliphatic rings. The second-order valence-electron chi connectivity index (χ2n) is 5.76. The molecule has 4 nitrogen and oxygen atoms in total. The maximum atomic E-state index is 12.0. The van der Waals surface area contributed by atoms with Gasteiger partial charge in [-0.25, -0.2) is 4.98 Å². The summed E-state index contributed by atoms with van der Waals surface area (Å²) in [7, 11) is 0. The second kappa shape index (κ2) is 6.59. The lowest BCUT2D eigenvalue weighted by Gasteiger charge is -2.19. The van der Waals surface area contributed by atoms with Crippen LogP contribution in [-0.2, 0) is 5.41 Å². The number of halogens is 1. The van der Waals surface area contributed by atoms with Crippen LogP contribution in [0.15, 0.2) is 42.6 Å². The van der Waals surface area contributed by atoms with Crippen LogP contribution in [0, 0.1) is 0 Å².